The van der Waals surface area contributed by atoms with Crippen molar-refractivity contribution in [1.82, 2.24) is 9.88 Å². The Hall–Kier alpha value is -3.02. The molecule has 1 aromatic heterocycles. The molecule has 24 heavy (non-hydrogen) atoms. The molecule has 1 aliphatic rings. The van der Waals surface area contributed by atoms with E-state index in [1.54, 1.807) is 30.3 Å². The van der Waals surface area contributed by atoms with Crippen molar-refractivity contribution in [3.8, 4) is 0 Å². The zero-order valence-corrected chi connectivity index (χ0v) is 13.5. The molecule has 1 N–H and O–H groups in total. The summed E-state index contributed by atoms with van der Waals surface area (Å²) in [5.41, 5.74) is 2.51. The van der Waals surface area contributed by atoms with E-state index in [1.165, 1.54) is 0 Å². The zero-order valence-electron chi connectivity index (χ0n) is 13.5. The minimum absolute atomic E-state index is 0.0278. The summed E-state index contributed by atoms with van der Waals surface area (Å²) in [6.45, 7) is 3.74. The monoisotopic (exact) mass is 323 g/mol. The zero-order chi connectivity index (χ0) is 17.3. The van der Waals surface area contributed by atoms with Gasteiger partial charge in [-0.2, -0.15) is 0 Å². The molecular formula is C18H17N3O3. The van der Waals surface area contributed by atoms with E-state index >= 15 is 0 Å². The van der Waals surface area contributed by atoms with Crippen molar-refractivity contribution in [1.29, 1.82) is 0 Å². The average molecular weight is 323 g/mol. The molecular weight excluding hydrogens is 306 g/mol. The van der Waals surface area contributed by atoms with Gasteiger partial charge in [-0.25, -0.2) is 4.98 Å². The summed E-state index contributed by atoms with van der Waals surface area (Å²) in [6, 6.07) is 10.5. The van der Waals surface area contributed by atoms with E-state index in [0.29, 0.717) is 16.9 Å². The number of hydrogen-bond donors (Lipinski definition) is 1. The molecule has 1 aliphatic heterocycles. The first-order valence-electron chi connectivity index (χ1n) is 7.66. The fourth-order valence-electron chi connectivity index (χ4n) is 2.64. The number of rotatable bonds is 4. The van der Waals surface area contributed by atoms with Gasteiger partial charge in [-0.1, -0.05) is 17.7 Å². The molecule has 0 radical (unpaired) electrons. The van der Waals surface area contributed by atoms with Crippen LogP contribution in [0.4, 0.5) is 5.82 Å². The van der Waals surface area contributed by atoms with Crippen LogP contribution in [0.15, 0.2) is 36.4 Å². The highest BCUT2D eigenvalue weighted by Crippen LogP contribution is 2.24. The summed E-state index contributed by atoms with van der Waals surface area (Å²) in [4.78, 5) is 42.0. The first-order chi connectivity index (χ1) is 11.5. The van der Waals surface area contributed by atoms with Gasteiger partial charge in [-0.05, 0) is 38.1 Å². The number of pyridine rings is 1. The number of aromatic nitrogens is 1. The van der Waals surface area contributed by atoms with E-state index in [-0.39, 0.29) is 30.7 Å². The van der Waals surface area contributed by atoms with Crippen LogP contribution in [0, 0.1) is 13.8 Å². The third-order valence-corrected chi connectivity index (χ3v) is 3.84. The van der Waals surface area contributed by atoms with Gasteiger partial charge in [0.1, 0.15) is 5.82 Å². The van der Waals surface area contributed by atoms with Crippen LogP contribution >= 0.6 is 0 Å². The highest BCUT2D eigenvalue weighted by Gasteiger charge is 2.35. The number of amides is 3. The summed E-state index contributed by atoms with van der Waals surface area (Å²) in [5.74, 6) is -0.532. The Labute approximate surface area is 139 Å². The van der Waals surface area contributed by atoms with Crippen LogP contribution in [0.1, 0.15) is 38.4 Å². The second-order valence-electron chi connectivity index (χ2n) is 5.77. The molecule has 6 nitrogen and oxygen atoms in total. The number of fused-ring (bicyclic) bond motifs is 1. The molecule has 0 atom stereocenters. The van der Waals surface area contributed by atoms with Crippen LogP contribution in [0.3, 0.4) is 0 Å². The molecule has 0 saturated heterocycles. The molecule has 1 aromatic carbocycles. The highest BCUT2D eigenvalue weighted by atomic mass is 16.2. The summed E-state index contributed by atoms with van der Waals surface area (Å²) in [6.07, 6.45) is 0.0278. The Morgan fingerprint density at radius 2 is 1.83 bits per heavy atom. The number of aryl methyl sites for hydroxylation is 2. The topological polar surface area (TPSA) is 79.4 Å². The van der Waals surface area contributed by atoms with Gasteiger partial charge in [0.15, 0.2) is 0 Å². The van der Waals surface area contributed by atoms with Crippen LogP contribution in [0.2, 0.25) is 0 Å². The molecule has 0 bridgehead atoms. The van der Waals surface area contributed by atoms with E-state index in [0.717, 1.165) is 16.2 Å². The molecule has 3 rings (SSSR count). The number of carbonyl (C=O) groups excluding carboxylic acids is 3. The summed E-state index contributed by atoms with van der Waals surface area (Å²) >= 11 is 0. The molecule has 122 valence electrons. The Morgan fingerprint density at radius 3 is 2.58 bits per heavy atom. The van der Waals surface area contributed by atoms with Gasteiger partial charge < -0.3 is 5.32 Å². The number of nitrogens with one attached hydrogen (secondary N) is 1. The van der Waals surface area contributed by atoms with E-state index in [2.05, 4.69) is 10.3 Å². The molecule has 0 unspecified atom stereocenters. The lowest BCUT2D eigenvalue weighted by molar-refractivity contribution is -0.116. The first kappa shape index (κ1) is 15.9. The fourth-order valence-corrected chi connectivity index (χ4v) is 2.64. The summed E-state index contributed by atoms with van der Waals surface area (Å²) < 4.78 is 0. The SMILES string of the molecule is Cc1ccc2c(c1)C(=O)N(CCC(=O)Nc1cccc(C)n1)C2=O. The second kappa shape index (κ2) is 6.23. The van der Waals surface area contributed by atoms with Crippen molar-refractivity contribution in [2.75, 3.05) is 11.9 Å². The van der Waals surface area contributed by atoms with Crippen molar-refractivity contribution >= 4 is 23.5 Å². The molecule has 0 aliphatic carbocycles. The van der Waals surface area contributed by atoms with Crippen LogP contribution in [0.25, 0.3) is 0 Å². The number of hydrogen-bond acceptors (Lipinski definition) is 4. The minimum Gasteiger partial charge on any atom is -0.311 e. The number of nitrogens with zero attached hydrogens (tertiary/aromatic N) is 2. The maximum atomic E-state index is 12.3. The van der Waals surface area contributed by atoms with E-state index in [4.69, 9.17) is 0 Å². The predicted molar refractivity (Wildman–Crippen MR) is 88.8 cm³/mol. The number of imide groups is 1. The number of anilines is 1. The highest BCUT2D eigenvalue weighted by molar-refractivity contribution is 6.21. The van der Waals surface area contributed by atoms with Crippen LogP contribution in [-0.2, 0) is 4.79 Å². The predicted octanol–water partition coefficient (Wildman–Crippen LogP) is 2.32. The van der Waals surface area contributed by atoms with Crippen LogP contribution < -0.4 is 5.32 Å². The molecule has 0 fully saturated rings. The molecule has 0 saturated carbocycles. The van der Waals surface area contributed by atoms with Gasteiger partial charge in [-0.3, -0.25) is 19.3 Å². The van der Waals surface area contributed by atoms with Gasteiger partial charge in [0.05, 0.1) is 11.1 Å². The Bertz CT molecular complexity index is 845. The molecule has 6 heteroatoms. The first-order valence-corrected chi connectivity index (χ1v) is 7.66. The van der Waals surface area contributed by atoms with Crippen molar-refractivity contribution in [2.24, 2.45) is 0 Å². The smallest absolute Gasteiger partial charge is 0.261 e. The second-order valence-corrected chi connectivity index (χ2v) is 5.77. The lowest BCUT2D eigenvalue weighted by Gasteiger charge is -2.13. The number of carbonyl (C=O) groups is 3. The lowest BCUT2D eigenvalue weighted by Crippen LogP contribution is -2.33. The minimum atomic E-state index is -0.350. The molecule has 2 aromatic rings. The third-order valence-electron chi connectivity index (χ3n) is 3.84. The van der Waals surface area contributed by atoms with Crippen molar-refractivity contribution in [2.45, 2.75) is 20.3 Å². The van der Waals surface area contributed by atoms with Crippen molar-refractivity contribution in [3.63, 3.8) is 0 Å². The standard InChI is InChI=1S/C18H17N3O3/c1-11-6-7-13-14(10-11)18(24)21(17(13)23)9-8-16(22)20-15-5-3-4-12(2)19-15/h3-7,10H,8-9H2,1-2H3,(H,19,20,22). The average Bonchev–Trinajstić information content (AvgIpc) is 2.76. The largest absolute Gasteiger partial charge is 0.311 e. The van der Waals surface area contributed by atoms with E-state index < -0.39 is 0 Å². The Morgan fingerprint density at radius 1 is 1.08 bits per heavy atom. The maximum absolute atomic E-state index is 12.3. The number of benzene rings is 1. The van der Waals surface area contributed by atoms with Crippen LogP contribution in [0.5, 0.6) is 0 Å². The Balaban J connectivity index is 1.64. The van der Waals surface area contributed by atoms with Gasteiger partial charge in [0, 0.05) is 18.7 Å². The lowest BCUT2D eigenvalue weighted by atomic mass is 10.1. The maximum Gasteiger partial charge on any atom is 0.261 e. The van der Waals surface area contributed by atoms with E-state index in [1.807, 2.05) is 19.9 Å². The normalized spacial score (nSPS) is 13.2. The van der Waals surface area contributed by atoms with Gasteiger partial charge >= 0.3 is 0 Å². The molecule has 0 spiro atoms. The molecule has 3 amide bonds. The fraction of sp³-hybridized carbons (Fsp3) is 0.222. The van der Waals surface area contributed by atoms with Crippen molar-refractivity contribution in [3.05, 3.63) is 58.8 Å². The van der Waals surface area contributed by atoms with Crippen molar-refractivity contribution < 1.29 is 14.4 Å². The summed E-state index contributed by atoms with van der Waals surface area (Å²) in [5, 5.41) is 2.67. The quantitative estimate of drug-likeness (QED) is 0.876. The third kappa shape index (κ3) is 3.03. The van der Waals surface area contributed by atoms with Gasteiger partial charge in [0.25, 0.3) is 11.8 Å². The van der Waals surface area contributed by atoms with Gasteiger partial charge in [-0.15, -0.1) is 0 Å². The van der Waals surface area contributed by atoms with Gasteiger partial charge in [0.2, 0.25) is 5.91 Å². The van der Waals surface area contributed by atoms with Crippen LogP contribution in [-0.4, -0.2) is 34.2 Å². The Kier molecular flexibility index (Phi) is 4.12. The molecule has 2 heterocycles. The van der Waals surface area contributed by atoms with E-state index in [9.17, 15) is 14.4 Å². The summed E-state index contributed by atoms with van der Waals surface area (Å²) in [7, 11) is 0.